The molecule has 0 unspecified atom stereocenters. The van der Waals surface area contributed by atoms with Gasteiger partial charge in [-0.2, -0.15) is 9.61 Å². The van der Waals surface area contributed by atoms with Crippen molar-refractivity contribution in [3.05, 3.63) is 30.5 Å². The predicted octanol–water partition coefficient (Wildman–Crippen LogP) is -0.0168. The summed E-state index contributed by atoms with van der Waals surface area (Å²) in [4.78, 5) is 4.09. The Hall–Kier alpha value is -2.64. The van der Waals surface area contributed by atoms with E-state index in [4.69, 9.17) is 10.3 Å². The van der Waals surface area contributed by atoms with Crippen LogP contribution in [0.4, 0.5) is 5.95 Å². The molecule has 0 saturated carbocycles. The van der Waals surface area contributed by atoms with Gasteiger partial charge < -0.3 is 10.3 Å². The molecular weight excluding hydrogens is 210 g/mol. The Morgan fingerprint density at radius 3 is 3.19 bits per heavy atom. The van der Waals surface area contributed by atoms with Gasteiger partial charge in [-0.3, -0.25) is 0 Å². The number of hydrogen-bond acceptors (Lipinski definition) is 6. The molecule has 0 spiro atoms. The highest BCUT2D eigenvalue weighted by atomic mass is 16.3. The number of hydrogen-bond donors (Lipinski definition) is 1. The molecule has 0 radical (unpaired) electrons. The van der Waals surface area contributed by atoms with Crippen LogP contribution in [0.3, 0.4) is 0 Å². The molecule has 8 heteroatoms. The van der Waals surface area contributed by atoms with Crippen LogP contribution in [0.5, 0.6) is 0 Å². The summed E-state index contributed by atoms with van der Waals surface area (Å²) >= 11 is 0. The Kier molecular flexibility index (Phi) is 1.72. The molecule has 3 aromatic rings. The number of nitrogen functional groups attached to an aromatic ring is 1. The van der Waals surface area contributed by atoms with E-state index in [0.29, 0.717) is 17.5 Å². The van der Waals surface area contributed by atoms with Gasteiger partial charge in [-0.05, 0) is 12.1 Å². The number of nitrogens with two attached hydrogens (primary N) is 1. The summed E-state index contributed by atoms with van der Waals surface area (Å²) in [5.74, 6) is 6.94. The molecule has 2 N–H and O–H groups in total. The van der Waals surface area contributed by atoms with Crippen molar-refractivity contribution in [1.82, 2.24) is 24.5 Å². The fourth-order valence-corrected chi connectivity index (χ4v) is 1.25. The average Bonchev–Trinajstić information content (AvgIpc) is 2.96. The van der Waals surface area contributed by atoms with Crippen LogP contribution >= 0.6 is 0 Å². The third kappa shape index (κ3) is 1.24. The lowest BCUT2D eigenvalue weighted by Crippen LogP contribution is -2.06. The molecule has 0 aliphatic carbocycles. The minimum absolute atomic E-state index is 0.343. The van der Waals surface area contributed by atoms with Gasteiger partial charge in [0.15, 0.2) is 0 Å². The molecule has 0 amide bonds. The zero-order valence-electron chi connectivity index (χ0n) is 8.06. The van der Waals surface area contributed by atoms with Gasteiger partial charge in [-0.15, -0.1) is 10.2 Å². The Labute approximate surface area is 89.0 Å². The largest absolute Gasteiger partial charge is 0.463 e. The van der Waals surface area contributed by atoms with Crippen LogP contribution in [0.2, 0.25) is 0 Å². The van der Waals surface area contributed by atoms with Gasteiger partial charge in [0, 0.05) is 0 Å². The topological polar surface area (TPSA) is 99.5 Å². The van der Waals surface area contributed by atoms with Gasteiger partial charge in [0.05, 0.1) is 12.5 Å². The molecule has 16 heavy (non-hydrogen) atoms. The van der Waals surface area contributed by atoms with Crippen molar-refractivity contribution in [2.24, 2.45) is 4.99 Å². The van der Waals surface area contributed by atoms with Crippen LogP contribution in [0.1, 0.15) is 5.76 Å². The van der Waals surface area contributed by atoms with E-state index < -0.39 is 0 Å². The first-order valence-corrected chi connectivity index (χ1v) is 4.46. The van der Waals surface area contributed by atoms with Crippen LogP contribution in [0, 0.1) is 0 Å². The zero-order chi connectivity index (χ0) is 11.0. The summed E-state index contributed by atoms with van der Waals surface area (Å²) in [6, 6.07) is 3.55. The third-order valence-electron chi connectivity index (χ3n) is 1.98. The first-order chi connectivity index (χ1) is 7.84. The second kappa shape index (κ2) is 3.19. The van der Waals surface area contributed by atoms with Crippen LogP contribution < -0.4 is 5.84 Å². The van der Waals surface area contributed by atoms with E-state index in [9.17, 15) is 0 Å². The fraction of sp³-hybridized carbons (Fsp3) is 0. The maximum Gasteiger partial charge on any atom is 0.273 e. The Balaban J connectivity index is 2.01. The van der Waals surface area contributed by atoms with Crippen molar-refractivity contribution in [2.75, 3.05) is 5.84 Å². The van der Waals surface area contributed by atoms with E-state index in [1.165, 1.54) is 21.7 Å². The minimum atomic E-state index is 0.343. The quantitative estimate of drug-likeness (QED) is 0.480. The van der Waals surface area contributed by atoms with Gasteiger partial charge in [-0.25, -0.2) is 9.67 Å². The monoisotopic (exact) mass is 217 g/mol. The highest BCUT2D eigenvalue weighted by Crippen LogP contribution is 2.08. The Bertz CT molecular complexity index is 632. The van der Waals surface area contributed by atoms with Gasteiger partial charge in [0.25, 0.3) is 11.7 Å². The molecule has 0 fully saturated rings. The Morgan fingerprint density at radius 1 is 1.44 bits per heavy atom. The lowest BCUT2D eigenvalue weighted by atomic mass is 10.5. The molecule has 3 heterocycles. The number of aliphatic imine (C=N–C) groups is 1. The summed E-state index contributed by atoms with van der Waals surface area (Å²) in [5.41, 5.74) is 0. The number of nitrogens with zero attached hydrogens (tertiary/aromatic N) is 6. The molecular formula is C8H7N7O. The van der Waals surface area contributed by atoms with E-state index in [-0.39, 0.29) is 0 Å². The molecule has 0 aromatic carbocycles. The minimum Gasteiger partial charge on any atom is -0.463 e. The van der Waals surface area contributed by atoms with Crippen molar-refractivity contribution >= 4 is 17.9 Å². The number of aromatic nitrogens is 5. The summed E-state index contributed by atoms with van der Waals surface area (Å²) < 4.78 is 7.78. The standard InChI is InChI=1S/C8H7N7O/c9-14-5-11-15-7(12-13-8(14)15)10-4-6-2-1-3-16-6/h1-5H,9H2. The van der Waals surface area contributed by atoms with Gasteiger partial charge in [-0.1, -0.05) is 0 Å². The van der Waals surface area contributed by atoms with Crippen LogP contribution in [0.25, 0.3) is 5.78 Å². The molecule has 0 aliphatic rings. The van der Waals surface area contributed by atoms with E-state index in [2.05, 4.69) is 20.3 Å². The molecule has 3 aromatic heterocycles. The molecule has 3 rings (SSSR count). The van der Waals surface area contributed by atoms with Gasteiger partial charge in [0.2, 0.25) is 0 Å². The second-order valence-corrected chi connectivity index (χ2v) is 3.02. The normalized spacial score (nSPS) is 11.8. The smallest absolute Gasteiger partial charge is 0.273 e. The number of fused-ring (bicyclic) bond motifs is 1. The summed E-state index contributed by atoms with van der Waals surface area (Å²) in [5, 5.41) is 11.6. The predicted molar refractivity (Wildman–Crippen MR) is 54.9 cm³/mol. The number of rotatable bonds is 2. The summed E-state index contributed by atoms with van der Waals surface area (Å²) in [6.07, 6.45) is 4.53. The summed E-state index contributed by atoms with van der Waals surface area (Å²) in [7, 11) is 0. The molecule has 8 nitrogen and oxygen atoms in total. The van der Waals surface area contributed by atoms with Crippen molar-refractivity contribution in [2.45, 2.75) is 0 Å². The zero-order valence-corrected chi connectivity index (χ0v) is 8.06. The van der Waals surface area contributed by atoms with E-state index in [1.807, 2.05) is 0 Å². The summed E-state index contributed by atoms with van der Waals surface area (Å²) in [6.45, 7) is 0. The highest BCUT2D eigenvalue weighted by Gasteiger charge is 2.07. The third-order valence-corrected chi connectivity index (χ3v) is 1.98. The second-order valence-electron chi connectivity index (χ2n) is 3.02. The van der Waals surface area contributed by atoms with Gasteiger partial charge in [0.1, 0.15) is 12.1 Å². The lowest BCUT2D eigenvalue weighted by molar-refractivity contribution is 0.560. The maximum absolute atomic E-state index is 5.54. The maximum atomic E-state index is 5.54. The van der Waals surface area contributed by atoms with E-state index in [0.717, 1.165) is 0 Å². The molecule has 0 aliphatic heterocycles. The molecule has 0 bridgehead atoms. The molecule has 0 atom stereocenters. The van der Waals surface area contributed by atoms with Crippen molar-refractivity contribution in [1.29, 1.82) is 0 Å². The van der Waals surface area contributed by atoms with E-state index in [1.54, 1.807) is 18.4 Å². The Morgan fingerprint density at radius 2 is 2.38 bits per heavy atom. The highest BCUT2D eigenvalue weighted by molar-refractivity contribution is 5.77. The van der Waals surface area contributed by atoms with Gasteiger partial charge >= 0.3 is 0 Å². The van der Waals surface area contributed by atoms with Crippen molar-refractivity contribution in [3.8, 4) is 0 Å². The van der Waals surface area contributed by atoms with E-state index >= 15 is 0 Å². The van der Waals surface area contributed by atoms with Crippen LogP contribution in [-0.4, -0.2) is 30.7 Å². The fourth-order valence-electron chi connectivity index (χ4n) is 1.25. The van der Waals surface area contributed by atoms with Crippen molar-refractivity contribution < 1.29 is 4.42 Å². The molecule has 80 valence electrons. The molecule has 0 saturated heterocycles. The average molecular weight is 217 g/mol. The first-order valence-electron chi connectivity index (χ1n) is 4.46. The SMILES string of the molecule is Nn1cnn2c(N=Cc3ccco3)nnc12. The van der Waals surface area contributed by atoms with Crippen LogP contribution in [0.15, 0.2) is 34.1 Å². The van der Waals surface area contributed by atoms with Crippen molar-refractivity contribution in [3.63, 3.8) is 0 Å². The van der Waals surface area contributed by atoms with Crippen LogP contribution in [-0.2, 0) is 0 Å². The number of furan rings is 1. The lowest BCUT2D eigenvalue weighted by Gasteiger charge is -1.85. The first kappa shape index (κ1) is 8.65.